The quantitative estimate of drug-likeness (QED) is 0.432. The van der Waals surface area contributed by atoms with E-state index in [1.165, 1.54) is 11.6 Å². The van der Waals surface area contributed by atoms with Crippen molar-refractivity contribution in [1.82, 2.24) is 20.2 Å². The normalized spacial score (nSPS) is 24.0. The first-order chi connectivity index (χ1) is 17.6. The van der Waals surface area contributed by atoms with Gasteiger partial charge in [-0.2, -0.15) is 0 Å². The number of nitrogens with zero attached hydrogens (tertiary/aromatic N) is 2. The van der Waals surface area contributed by atoms with E-state index in [-0.39, 0.29) is 11.9 Å². The van der Waals surface area contributed by atoms with Gasteiger partial charge < -0.3 is 19.9 Å². The molecule has 1 aromatic rings. The van der Waals surface area contributed by atoms with E-state index in [9.17, 15) is 9.59 Å². The molecule has 1 aliphatic heterocycles. The Labute approximate surface area is 222 Å². The lowest BCUT2D eigenvalue weighted by atomic mass is 10.1. The van der Waals surface area contributed by atoms with Crippen molar-refractivity contribution >= 4 is 11.9 Å². The summed E-state index contributed by atoms with van der Waals surface area (Å²) >= 11 is 0. The highest BCUT2D eigenvalue weighted by atomic mass is 16.5. The van der Waals surface area contributed by atoms with Crippen LogP contribution >= 0.6 is 0 Å². The molecule has 0 fully saturated rings. The Kier molecular flexibility index (Phi) is 12.8. The number of aromatic amines is 1. The highest BCUT2D eigenvalue weighted by Crippen LogP contribution is 2.13. The number of likely N-dealkylation sites (N-methyl/N-ethyl adjacent to an activating group) is 1. The molecule has 37 heavy (non-hydrogen) atoms. The SMILES string of the molecule is CC(/C=C/C(C)=C/[C@@H]1Cc2nc(c[nH]2)CCCCC(=O)N[C@@H](C)C/C(C)=C/C=C\C(=O)O1)=C\CN(C)C. The number of imidazole rings is 1. The zero-order valence-corrected chi connectivity index (χ0v) is 23.3. The predicted molar refractivity (Wildman–Crippen MR) is 150 cm³/mol. The van der Waals surface area contributed by atoms with Crippen molar-refractivity contribution in [3.8, 4) is 0 Å². The van der Waals surface area contributed by atoms with E-state index in [0.717, 1.165) is 54.9 Å². The number of aromatic nitrogens is 2. The minimum absolute atomic E-state index is 0.0343. The number of aryl methyl sites for hydroxylation is 1. The molecule has 0 aliphatic carbocycles. The first kappa shape index (κ1) is 30.0. The van der Waals surface area contributed by atoms with Crippen molar-refractivity contribution in [2.75, 3.05) is 20.6 Å². The van der Waals surface area contributed by atoms with Crippen LogP contribution < -0.4 is 5.32 Å². The third-order valence-corrected chi connectivity index (χ3v) is 5.92. The summed E-state index contributed by atoms with van der Waals surface area (Å²) in [4.78, 5) is 34.9. The van der Waals surface area contributed by atoms with Gasteiger partial charge in [-0.05, 0) is 73.5 Å². The maximum Gasteiger partial charge on any atom is 0.331 e. The van der Waals surface area contributed by atoms with E-state index in [1.54, 1.807) is 6.08 Å². The first-order valence-corrected chi connectivity index (χ1v) is 13.2. The fraction of sp³-hybridized carbons (Fsp3) is 0.500. The maximum absolute atomic E-state index is 12.6. The van der Waals surface area contributed by atoms with Crippen molar-refractivity contribution in [3.63, 3.8) is 0 Å². The van der Waals surface area contributed by atoms with E-state index in [1.807, 2.05) is 59.3 Å². The minimum Gasteiger partial charge on any atom is -0.454 e. The molecular formula is C30H44N4O3. The molecule has 2 bridgehead atoms. The molecule has 0 aromatic carbocycles. The zero-order valence-electron chi connectivity index (χ0n) is 23.3. The Morgan fingerprint density at radius 2 is 1.86 bits per heavy atom. The monoisotopic (exact) mass is 508 g/mol. The fourth-order valence-corrected chi connectivity index (χ4v) is 3.99. The summed E-state index contributed by atoms with van der Waals surface area (Å²) in [5, 5.41) is 3.05. The Morgan fingerprint density at radius 3 is 2.62 bits per heavy atom. The number of ether oxygens (including phenoxy) is 1. The minimum atomic E-state index is -0.458. The van der Waals surface area contributed by atoms with Crippen LogP contribution in [0.15, 0.2) is 65.4 Å². The van der Waals surface area contributed by atoms with Gasteiger partial charge in [-0.1, -0.05) is 47.1 Å². The van der Waals surface area contributed by atoms with Crippen LogP contribution in [0.3, 0.4) is 0 Å². The van der Waals surface area contributed by atoms with Crippen molar-refractivity contribution in [2.45, 2.75) is 78.4 Å². The van der Waals surface area contributed by atoms with E-state index in [2.05, 4.69) is 34.3 Å². The molecule has 0 saturated carbocycles. The van der Waals surface area contributed by atoms with Crippen LogP contribution in [0.5, 0.6) is 0 Å². The average Bonchev–Trinajstić information content (AvgIpc) is 3.25. The molecule has 0 radical (unpaired) electrons. The summed E-state index contributed by atoms with van der Waals surface area (Å²) in [6, 6.07) is 0.0343. The smallest absolute Gasteiger partial charge is 0.331 e. The lowest BCUT2D eigenvalue weighted by Crippen LogP contribution is -2.32. The number of carbonyl (C=O) groups excluding carboxylic acids is 2. The highest BCUT2D eigenvalue weighted by molar-refractivity contribution is 5.82. The second-order valence-electron chi connectivity index (χ2n) is 10.2. The summed E-state index contributed by atoms with van der Waals surface area (Å²) in [7, 11) is 4.08. The maximum atomic E-state index is 12.6. The van der Waals surface area contributed by atoms with Crippen LogP contribution in [0.1, 0.15) is 64.9 Å². The number of cyclic esters (lactones) is 1. The number of hydrogen-bond donors (Lipinski definition) is 2. The van der Waals surface area contributed by atoms with E-state index < -0.39 is 12.1 Å². The predicted octanol–water partition coefficient (Wildman–Crippen LogP) is 5.00. The highest BCUT2D eigenvalue weighted by Gasteiger charge is 2.15. The molecule has 2 atom stereocenters. The van der Waals surface area contributed by atoms with Gasteiger partial charge in [0.1, 0.15) is 11.9 Å². The molecule has 7 heteroatoms. The molecule has 202 valence electrons. The first-order valence-electron chi connectivity index (χ1n) is 13.2. The number of nitrogens with one attached hydrogen (secondary N) is 2. The number of carbonyl (C=O) groups is 2. The number of allylic oxidation sites excluding steroid dienone is 6. The van der Waals surface area contributed by atoms with Gasteiger partial charge in [-0.25, -0.2) is 9.78 Å². The summed E-state index contributed by atoms with van der Waals surface area (Å²) < 4.78 is 5.81. The molecule has 1 aromatic heterocycles. The van der Waals surface area contributed by atoms with Crippen LogP contribution in [0.4, 0.5) is 0 Å². The topological polar surface area (TPSA) is 87.3 Å². The molecule has 2 rings (SSSR count). The molecule has 1 aliphatic rings. The molecule has 0 spiro atoms. The molecule has 1 amide bonds. The Bertz CT molecular complexity index is 1040. The average molecular weight is 509 g/mol. The standard InChI is InChI=1S/C30H44N4O3/c1-22(16-17-34(5)6)14-15-24(3)19-27-20-28-31-21-26(33-28)11-7-8-12-29(35)32-25(4)18-23(2)10-9-13-30(36)37-27/h9-10,13-16,19,21,25,27H,7-8,11-12,17-18,20H2,1-6H3,(H,31,33)(H,32,35)/b13-9-,15-14+,22-16+,23-10+,24-19+/t25-,27+/m0/s1. The van der Waals surface area contributed by atoms with Gasteiger partial charge in [0.15, 0.2) is 0 Å². The van der Waals surface area contributed by atoms with Crippen LogP contribution in [-0.2, 0) is 27.2 Å². The van der Waals surface area contributed by atoms with Gasteiger partial charge in [0, 0.05) is 37.7 Å². The second kappa shape index (κ2) is 15.8. The summed E-state index contributed by atoms with van der Waals surface area (Å²) in [6.45, 7) is 8.94. The third-order valence-electron chi connectivity index (χ3n) is 5.92. The Morgan fingerprint density at radius 1 is 1.14 bits per heavy atom. The van der Waals surface area contributed by atoms with Gasteiger partial charge in [-0.15, -0.1) is 0 Å². The Balaban J connectivity index is 2.21. The van der Waals surface area contributed by atoms with Crippen LogP contribution in [0.25, 0.3) is 0 Å². The second-order valence-corrected chi connectivity index (χ2v) is 10.2. The van der Waals surface area contributed by atoms with Gasteiger partial charge in [0.2, 0.25) is 5.91 Å². The van der Waals surface area contributed by atoms with E-state index in [4.69, 9.17) is 9.72 Å². The van der Waals surface area contributed by atoms with Gasteiger partial charge in [0.05, 0.1) is 5.69 Å². The van der Waals surface area contributed by atoms with Crippen LogP contribution in [0, 0.1) is 0 Å². The number of H-pyrrole nitrogens is 1. The molecule has 0 saturated heterocycles. The number of hydrogen-bond acceptors (Lipinski definition) is 5. The number of fused-ring (bicyclic) bond motifs is 2. The van der Waals surface area contributed by atoms with Gasteiger partial charge >= 0.3 is 5.97 Å². The molecule has 2 heterocycles. The van der Waals surface area contributed by atoms with E-state index in [0.29, 0.717) is 12.8 Å². The Hall–Kier alpha value is -3.19. The number of esters is 1. The van der Waals surface area contributed by atoms with Gasteiger partial charge in [-0.3, -0.25) is 4.79 Å². The van der Waals surface area contributed by atoms with Crippen LogP contribution in [-0.4, -0.2) is 59.5 Å². The zero-order chi connectivity index (χ0) is 27.2. The lowest BCUT2D eigenvalue weighted by Gasteiger charge is -2.14. The van der Waals surface area contributed by atoms with Crippen molar-refractivity contribution in [1.29, 1.82) is 0 Å². The largest absolute Gasteiger partial charge is 0.454 e. The molecular weight excluding hydrogens is 464 g/mol. The summed E-state index contributed by atoms with van der Waals surface area (Å²) in [5.41, 5.74) is 4.21. The van der Waals surface area contributed by atoms with Crippen molar-refractivity contribution < 1.29 is 14.3 Å². The molecule has 0 unspecified atom stereocenters. The fourth-order valence-electron chi connectivity index (χ4n) is 3.99. The molecule has 7 nitrogen and oxygen atoms in total. The van der Waals surface area contributed by atoms with Gasteiger partial charge in [0.25, 0.3) is 0 Å². The van der Waals surface area contributed by atoms with E-state index >= 15 is 0 Å². The number of amides is 1. The summed E-state index contributed by atoms with van der Waals surface area (Å²) in [6.07, 6.45) is 18.9. The van der Waals surface area contributed by atoms with Crippen LogP contribution in [0.2, 0.25) is 0 Å². The summed E-state index contributed by atoms with van der Waals surface area (Å²) in [5.74, 6) is 0.435. The van der Waals surface area contributed by atoms with Crippen molar-refractivity contribution in [3.05, 3.63) is 77.0 Å². The van der Waals surface area contributed by atoms with Crippen molar-refractivity contribution in [2.24, 2.45) is 0 Å². The number of rotatable bonds is 5. The molecule has 2 N–H and O–H groups in total. The lowest BCUT2D eigenvalue weighted by molar-refractivity contribution is -0.140. The third kappa shape index (κ3) is 13.1.